The monoisotopic (exact) mass is 355 g/mol. The molecular weight excluding hydrogens is 337 g/mol. The number of piperazine rings is 1. The highest BCUT2D eigenvalue weighted by molar-refractivity contribution is 6.33. The van der Waals surface area contributed by atoms with Crippen molar-refractivity contribution in [2.45, 2.75) is 18.6 Å². The normalized spacial score (nSPS) is 24.3. The summed E-state index contributed by atoms with van der Waals surface area (Å²) in [4.78, 5) is 28.2. The lowest BCUT2D eigenvalue weighted by atomic mass is 10.1. The Morgan fingerprint density at radius 3 is 2.46 bits per heavy atom. The summed E-state index contributed by atoms with van der Waals surface area (Å²) in [6.45, 7) is 2.08. The predicted molar refractivity (Wildman–Crippen MR) is 86.3 cm³/mol. The van der Waals surface area contributed by atoms with Gasteiger partial charge in [0.25, 0.3) is 5.91 Å². The Bertz CT molecular complexity index is 649. The molecule has 2 aliphatic heterocycles. The van der Waals surface area contributed by atoms with Crippen molar-refractivity contribution in [3.8, 4) is 0 Å². The van der Waals surface area contributed by atoms with Crippen LogP contribution in [0.15, 0.2) is 18.2 Å². The molecule has 0 aromatic heterocycles. The van der Waals surface area contributed by atoms with Crippen molar-refractivity contribution in [1.29, 1.82) is 0 Å². The average Bonchev–Trinajstić information content (AvgIpc) is 3.00. The Morgan fingerprint density at radius 1 is 1.21 bits per heavy atom. The van der Waals surface area contributed by atoms with Crippen LogP contribution in [0.2, 0.25) is 5.02 Å². The molecule has 3 rings (SSSR count). The summed E-state index contributed by atoms with van der Waals surface area (Å²) in [6, 6.07) is 3.34. The van der Waals surface area contributed by atoms with Crippen molar-refractivity contribution >= 4 is 23.4 Å². The molecule has 0 bridgehead atoms. The number of rotatable bonds is 2. The molecule has 0 saturated carbocycles. The Hall–Kier alpha value is -1.70. The number of carbonyl (C=O) groups is 2. The van der Waals surface area contributed by atoms with Crippen LogP contribution in [0.3, 0.4) is 0 Å². The second-order valence-corrected chi connectivity index (χ2v) is 6.50. The maximum Gasteiger partial charge on any atom is 0.255 e. The zero-order chi connectivity index (χ0) is 17.3. The number of β-amino-alcohol motifs (C(OH)–C–C–N with tert-alkyl or cyclic N) is 1. The molecule has 2 saturated heterocycles. The summed E-state index contributed by atoms with van der Waals surface area (Å²) in [5.41, 5.74) is 0.262. The smallest absolute Gasteiger partial charge is 0.255 e. The van der Waals surface area contributed by atoms with E-state index in [1.54, 1.807) is 9.80 Å². The molecule has 2 N–H and O–H groups in total. The third-order valence-electron chi connectivity index (χ3n) is 4.45. The number of hydrogen-bond donors (Lipinski definition) is 2. The summed E-state index contributed by atoms with van der Waals surface area (Å²) in [6.07, 6.45) is -0.0640. The minimum atomic E-state index is -0.488. The summed E-state index contributed by atoms with van der Waals surface area (Å²) >= 11 is 5.94. The second kappa shape index (κ2) is 7.04. The minimum Gasteiger partial charge on any atom is -0.392 e. The SMILES string of the molecule is O=C(c1ccc(F)cc1Cl)N1CCN(C(=O)C2CC(O)CN2)CC1. The topological polar surface area (TPSA) is 72.9 Å². The van der Waals surface area contributed by atoms with E-state index in [-0.39, 0.29) is 28.4 Å². The van der Waals surface area contributed by atoms with Crippen LogP contribution in [0, 0.1) is 5.82 Å². The summed E-state index contributed by atoms with van der Waals surface area (Å²) in [5.74, 6) is -0.793. The van der Waals surface area contributed by atoms with Gasteiger partial charge in [0.05, 0.1) is 22.7 Å². The predicted octanol–water partition coefficient (Wildman–Crippen LogP) is 0.486. The highest BCUT2D eigenvalue weighted by atomic mass is 35.5. The van der Waals surface area contributed by atoms with Crippen molar-refractivity contribution in [2.24, 2.45) is 0 Å². The number of hydrogen-bond acceptors (Lipinski definition) is 4. The average molecular weight is 356 g/mol. The number of nitrogens with one attached hydrogen (secondary N) is 1. The van der Waals surface area contributed by atoms with E-state index < -0.39 is 11.9 Å². The first kappa shape index (κ1) is 17.1. The van der Waals surface area contributed by atoms with Crippen molar-refractivity contribution in [3.05, 3.63) is 34.6 Å². The quantitative estimate of drug-likeness (QED) is 0.809. The van der Waals surface area contributed by atoms with Crippen molar-refractivity contribution in [3.63, 3.8) is 0 Å². The van der Waals surface area contributed by atoms with Gasteiger partial charge in [0, 0.05) is 32.7 Å². The fraction of sp³-hybridized carbons (Fsp3) is 0.500. The maximum absolute atomic E-state index is 13.1. The summed E-state index contributed by atoms with van der Waals surface area (Å²) < 4.78 is 13.1. The van der Waals surface area contributed by atoms with Crippen LogP contribution in [0.1, 0.15) is 16.8 Å². The van der Waals surface area contributed by atoms with Gasteiger partial charge in [-0.15, -0.1) is 0 Å². The van der Waals surface area contributed by atoms with Gasteiger partial charge in [0.2, 0.25) is 5.91 Å². The third kappa shape index (κ3) is 3.53. The Morgan fingerprint density at radius 2 is 1.88 bits per heavy atom. The van der Waals surface area contributed by atoms with Crippen LogP contribution in [0.25, 0.3) is 0 Å². The number of aliphatic hydroxyl groups excluding tert-OH is 1. The van der Waals surface area contributed by atoms with E-state index in [4.69, 9.17) is 11.6 Å². The summed E-state index contributed by atoms with van der Waals surface area (Å²) in [7, 11) is 0. The van der Waals surface area contributed by atoms with Crippen molar-refractivity contribution in [1.82, 2.24) is 15.1 Å². The van der Waals surface area contributed by atoms with Crippen LogP contribution in [-0.4, -0.2) is 71.6 Å². The number of amides is 2. The van der Waals surface area contributed by atoms with Crippen LogP contribution in [-0.2, 0) is 4.79 Å². The van der Waals surface area contributed by atoms with Crippen molar-refractivity contribution < 1.29 is 19.1 Å². The first-order chi connectivity index (χ1) is 11.5. The molecule has 1 aromatic rings. The fourth-order valence-electron chi connectivity index (χ4n) is 3.09. The lowest BCUT2D eigenvalue weighted by molar-refractivity contribution is -0.134. The number of halogens is 2. The molecule has 24 heavy (non-hydrogen) atoms. The van der Waals surface area contributed by atoms with Gasteiger partial charge in [-0.3, -0.25) is 9.59 Å². The molecule has 8 heteroatoms. The van der Waals surface area contributed by atoms with E-state index in [0.29, 0.717) is 39.1 Å². The maximum atomic E-state index is 13.1. The van der Waals surface area contributed by atoms with Gasteiger partial charge in [0.15, 0.2) is 0 Å². The fourth-order valence-corrected chi connectivity index (χ4v) is 3.34. The minimum absolute atomic E-state index is 0.0431. The van der Waals surface area contributed by atoms with E-state index in [2.05, 4.69) is 5.32 Å². The van der Waals surface area contributed by atoms with E-state index in [9.17, 15) is 19.1 Å². The molecular formula is C16H19ClFN3O3. The van der Waals surface area contributed by atoms with E-state index in [0.717, 1.165) is 6.07 Å². The first-order valence-corrected chi connectivity index (χ1v) is 8.28. The van der Waals surface area contributed by atoms with Gasteiger partial charge in [-0.05, 0) is 24.6 Å². The second-order valence-electron chi connectivity index (χ2n) is 6.09. The highest BCUT2D eigenvalue weighted by Gasteiger charge is 2.33. The highest BCUT2D eigenvalue weighted by Crippen LogP contribution is 2.20. The molecule has 2 amide bonds. The lowest BCUT2D eigenvalue weighted by Gasteiger charge is -2.36. The Balaban J connectivity index is 1.58. The van der Waals surface area contributed by atoms with Gasteiger partial charge >= 0.3 is 0 Å². The molecule has 130 valence electrons. The molecule has 6 nitrogen and oxygen atoms in total. The van der Waals surface area contributed by atoms with Gasteiger partial charge in [0.1, 0.15) is 5.82 Å². The van der Waals surface area contributed by atoms with E-state index in [1.807, 2.05) is 0 Å². The molecule has 0 spiro atoms. The standard InChI is InChI=1S/C16H19ClFN3O3/c17-13-7-10(18)1-2-12(13)15(23)20-3-5-21(6-4-20)16(24)14-8-11(22)9-19-14/h1-2,7,11,14,19,22H,3-6,8-9H2. The molecule has 2 unspecified atom stereocenters. The van der Waals surface area contributed by atoms with Gasteiger partial charge < -0.3 is 20.2 Å². The van der Waals surface area contributed by atoms with Crippen LogP contribution in [0.5, 0.6) is 0 Å². The molecule has 2 aliphatic rings. The Labute approximate surface area is 144 Å². The molecule has 0 radical (unpaired) electrons. The van der Waals surface area contributed by atoms with Gasteiger partial charge in [-0.25, -0.2) is 4.39 Å². The number of nitrogens with zero attached hydrogens (tertiary/aromatic N) is 2. The van der Waals surface area contributed by atoms with Crippen LogP contribution >= 0.6 is 11.6 Å². The number of carbonyl (C=O) groups excluding carboxylic acids is 2. The number of aliphatic hydroxyl groups is 1. The molecule has 2 heterocycles. The molecule has 1 aromatic carbocycles. The van der Waals surface area contributed by atoms with Crippen LogP contribution < -0.4 is 5.32 Å². The molecule has 2 fully saturated rings. The third-order valence-corrected chi connectivity index (χ3v) is 4.76. The first-order valence-electron chi connectivity index (χ1n) is 7.90. The van der Waals surface area contributed by atoms with Gasteiger partial charge in [-0.2, -0.15) is 0 Å². The van der Waals surface area contributed by atoms with Crippen LogP contribution in [0.4, 0.5) is 4.39 Å². The molecule has 0 aliphatic carbocycles. The molecule has 2 atom stereocenters. The Kier molecular flexibility index (Phi) is 5.03. The lowest BCUT2D eigenvalue weighted by Crippen LogP contribution is -2.54. The summed E-state index contributed by atoms with van der Waals surface area (Å²) in [5, 5.41) is 12.6. The zero-order valence-electron chi connectivity index (χ0n) is 13.0. The van der Waals surface area contributed by atoms with Crippen molar-refractivity contribution in [2.75, 3.05) is 32.7 Å². The zero-order valence-corrected chi connectivity index (χ0v) is 13.8. The van der Waals surface area contributed by atoms with E-state index in [1.165, 1.54) is 12.1 Å². The van der Waals surface area contributed by atoms with E-state index >= 15 is 0 Å². The number of benzene rings is 1. The largest absolute Gasteiger partial charge is 0.392 e. The van der Waals surface area contributed by atoms with Gasteiger partial charge in [-0.1, -0.05) is 11.6 Å².